The van der Waals surface area contributed by atoms with Crippen LogP contribution in [0.1, 0.15) is 23.2 Å². The highest BCUT2D eigenvalue weighted by molar-refractivity contribution is 5.97. The fourth-order valence-electron chi connectivity index (χ4n) is 2.94. The summed E-state index contributed by atoms with van der Waals surface area (Å²) >= 11 is 0. The quantitative estimate of drug-likeness (QED) is 0.942. The molecule has 5 heteroatoms. The molecule has 2 aromatic rings. The number of nitrogens with one attached hydrogen (secondary N) is 1. The fourth-order valence-corrected chi connectivity index (χ4v) is 2.94. The van der Waals surface area contributed by atoms with Crippen molar-refractivity contribution in [3.05, 3.63) is 54.2 Å². The van der Waals surface area contributed by atoms with Gasteiger partial charge in [-0.3, -0.25) is 4.79 Å². The van der Waals surface area contributed by atoms with E-state index in [0.717, 1.165) is 31.7 Å². The van der Waals surface area contributed by atoms with Crippen LogP contribution >= 0.6 is 0 Å². The summed E-state index contributed by atoms with van der Waals surface area (Å²) in [6.07, 6.45) is 3.81. The van der Waals surface area contributed by atoms with Gasteiger partial charge in [-0.25, -0.2) is 4.98 Å². The molecule has 0 aliphatic carbocycles. The molecular formula is C18H21N3O2. The first-order valence-electron chi connectivity index (χ1n) is 7.88. The Labute approximate surface area is 136 Å². The first kappa shape index (κ1) is 15.3. The molecular weight excluding hydrogens is 290 g/mol. The smallest absolute Gasteiger partial charge is 0.255 e. The SMILES string of the molecule is COc1ccccc1C(=O)N[C@H]1CCCN(c2ccccn2)C1. The van der Waals surface area contributed by atoms with Crippen molar-refractivity contribution in [2.24, 2.45) is 0 Å². The van der Waals surface area contributed by atoms with Crippen molar-refractivity contribution < 1.29 is 9.53 Å². The number of para-hydroxylation sites is 1. The molecule has 1 aliphatic heterocycles. The van der Waals surface area contributed by atoms with Crippen molar-refractivity contribution in [2.75, 3.05) is 25.1 Å². The number of carbonyl (C=O) groups is 1. The number of nitrogens with zero attached hydrogens (tertiary/aromatic N) is 2. The van der Waals surface area contributed by atoms with Crippen LogP contribution < -0.4 is 15.0 Å². The van der Waals surface area contributed by atoms with Crippen LogP contribution in [-0.4, -0.2) is 37.1 Å². The molecule has 23 heavy (non-hydrogen) atoms. The summed E-state index contributed by atoms with van der Waals surface area (Å²) in [5.41, 5.74) is 0.574. The monoisotopic (exact) mass is 311 g/mol. The maximum Gasteiger partial charge on any atom is 0.255 e. The normalized spacial score (nSPS) is 17.6. The highest BCUT2D eigenvalue weighted by atomic mass is 16.5. The summed E-state index contributed by atoms with van der Waals surface area (Å²) in [5, 5.41) is 3.12. The minimum absolute atomic E-state index is 0.0877. The summed E-state index contributed by atoms with van der Waals surface area (Å²) in [4.78, 5) is 19.1. The van der Waals surface area contributed by atoms with Gasteiger partial charge in [0.25, 0.3) is 5.91 Å². The van der Waals surface area contributed by atoms with Crippen molar-refractivity contribution in [2.45, 2.75) is 18.9 Å². The maximum absolute atomic E-state index is 12.5. The van der Waals surface area contributed by atoms with Crippen LogP contribution in [-0.2, 0) is 0 Å². The number of benzene rings is 1. The molecule has 2 heterocycles. The van der Waals surface area contributed by atoms with E-state index in [1.807, 2.05) is 30.3 Å². The summed E-state index contributed by atoms with van der Waals surface area (Å²) in [6, 6.07) is 13.3. The third kappa shape index (κ3) is 3.62. The van der Waals surface area contributed by atoms with Crippen LogP contribution in [0.15, 0.2) is 48.7 Å². The summed E-state index contributed by atoms with van der Waals surface area (Å²) in [5.74, 6) is 1.47. The second-order valence-corrected chi connectivity index (χ2v) is 5.65. The van der Waals surface area contributed by atoms with Gasteiger partial charge >= 0.3 is 0 Å². The van der Waals surface area contributed by atoms with Gasteiger partial charge in [-0.2, -0.15) is 0 Å². The topological polar surface area (TPSA) is 54.5 Å². The molecule has 5 nitrogen and oxygen atoms in total. The van der Waals surface area contributed by atoms with E-state index in [1.54, 1.807) is 25.4 Å². The Morgan fingerprint density at radius 3 is 2.87 bits per heavy atom. The Hall–Kier alpha value is -2.56. The fraction of sp³-hybridized carbons (Fsp3) is 0.333. The van der Waals surface area contributed by atoms with Gasteiger partial charge in [-0.15, -0.1) is 0 Å². The molecule has 3 rings (SSSR count). The number of anilines is 1. The van der Waals surface area contributed by atoms with E-state index in [0.29, 0.717) is 11.3 Å². The lowest BCUT2D eigenvalue weighted by Crippen LogP contribution is -2.48. The van der Waals surface area contributed by atoms with Crippen LogP contribution in [0.25, 0.3) is 0 Å². The zero-order valence-electron chi connectivity index (χ0n) is 13.2. The average molecular weight is 311 g/mol. The summed E-state index contributed by atoms with van der Waals surface area (Å²) in [7, 11) is 1.58. The van der Waals surface area contributed by atoms with Gasteiger partial charge in [0.05, 0.1) is 12.7 Å². The molecule has 0 bridgehead atoms. The Kier molecular flexibility index (Phi) is 4.76. The predicted molar refractivity (Wildman–Crippen MR) is 89.9 cm³/mol. The van der Waals surface area contributed by atoms with E-state index < -0.39 is 0 Å². The van der Waals surface area contributed by atoms with Gasteiger partial charge in [-0.05, 0) is 37.1 Å². The summed E-state index contributed by atoms with van der Waals surface area (Å²) < 4.78 is 5.26. The third-order valence-corrected chi connectivity index (χ3v) is 4.08. The second-order valence-electron chi connectivity index (χ2n) is 5.65. The number of hydrogen-bond donors (Lipinski definition) is 1. The molecule has 0 unspecified atom stereocenters. The van der Waals surface area contributed by atoms with E-state index in [2.05, 4.69) is 15.2 Å². The number of hydrogen-bond acceptors (Lipinski definition) is 4. The van der Waals surface area contributed by atoms with E-state index in [4.69, 9.17) is 4.74 Å². The van der Waals surface area contributed by atoms with Crippen LogP contribution in [0, 0.1) is 0 Å². The molecule has 1 aromatic carbocycles. The third-order valence-electron chi connectivity index (χ3n) is 4.08. The first-order valence-corrected chi connectivity index (χ1v) is 7.88. The molecule has 1 aliphatic rings. The molecule has 1 amide bonds. The largest absolute Gasteiger partial charge is 0.496 e. The number of pyridine rings is 1. The van der Waals surface area contributed by atoms with Crippen LogP contribution in [0.2, 0.25) is 0 Å². The Morgan fingerprint density at radius 2 is 2.09 bits per heavy atom. The second kappa shape index (κ2) is 7.13. The molecule has 0 radical (unpaired) electrons. The molecule has 1 aromatic heterocycles. The van der Waals surface area contributed by atoms with Crippen molar-refractivity contribution in [3.63, 3.8) is 0 Å². The van der Waals surface area contributed by atoms with Crippen LogP contribution in [0.3, 0.4) is 0 Å². The molecule has 0 saturated carbocycles. The number of ether oxygens (including phenoxy) is 1. The van der Waals surface area contributed by atoms with Crippen molar-refractivity contribution in [3.8, 4) is 5.75 Å². The van der Waals surface area contributed by atoms with Gasteiger partial charge in [0.15, 0.2) is 0 Å². The standard InChI is InChI=1S/C18H21N3O2/c1-23-16-9-3-2-8-15(16)18(22)20-14-7-6-12-21(13-14)17-10-4-5-11-19-17/h2-5,8-11,14H,6-7,12-13H2,1H3,(H,20,22)/t14-/m0/s1. The zero-order valence-corrected chi connectivity index (χ0v) is 13.2. The summed E-state index contributed by atoms with van der Waals surface area (Å²) in [6.45, 7) is 1.75. The molecule has 1 atom stereocenters. The van der Waals surface area contributed by atoms with E-state index in [-0.39, 0.29) is 11.9 Å². The van der Waals surface area contributed by atoms with E-state index >= 15 is 0 Å². The minimum atomic E-state index is -0.0877. The van der Waals surface area contributed by atoms with Gasteiger partial charge in [0.1, 0.15) is 11.6 Å². The number of rotatable bonds is 4. The Bertz CT molecular complexity index is 660. The van der Waals surface area contributed by atoms with Crippen LogP contribution in [0.5, 0.6) is 5.75 Å². The average Bonchev–Trinajstić information content (AvgIpc) is 2.62. The van der Waals surface area contributed by atoms with Crippen LogP contribution in [0.4, 0.5) is 5.82 Å². The van der Waals surface area contributed by atoms with E-state index in [1.165, 1.54) is 0 Å². The zero-order chi connectivity index (χ0) is 16.1. The van der Waals surface area contributed by atoms with E-state index in [9.17, 15) is 4.79 Å². The number of aromatic nitrogens is 1. The Balaban J connectivity index is 1.67. The molecule has 1 fully saturated rings. The first-order chi connectivity index (χ1) is 11.3. The number of amides is 1. The lowest BCUT2D eigenvalue weighted by Gasteiger charge is -2.34. The van der Waals surface area contributed by atoms with Crippen molar-refractivity contribution in [1.29, 1.82) is 0 Å². The molecule has 1 N–H and O–H groups in total. The lowest BCUT2D eigenvalue weighted by atomic mass is 10.0. The highest BCUT2D eigenvalue weighted by Crippen LogP contribution is 2.20. The maximum atomic E-state index is 12.5. The molecule has 0 spiro atoms. The van der Waals surface area contributed by atoms with Crippen molar-refractivity contribution >= 4 is 11.7 Å². The number of piperidine rings is 1. The number of carbonyl (C=O) groups excluding carboxylic acids is 1. The van der Waals surface area contributed by atoms with Gasteiger partial charge < -0.3 is 15.0 Å². The van der Waals surface area contributed by atoms with Gasteiger partial charge in [-0.1, -0.05) is 18.2 Å². The Morgan fingerprint density at radius 1 is 1.26 bits per heavy atom. The molecule has 1 saturated heterocycles. The lowest BCUT2D eigenvalue weighted by molar-refractivity contribution is 0.0930. The van der Waals surface area contributed by atoms with Gasteiger partial charge in [0, 0.05) is 25.3 Å². The van der Waals surface area contributed by atoms with Gasteiger partial charge in [0.2, 0.25) is 0 Å². The molecule has 120 valence electrons. The highest BCUT2D eigenvalue weighted by Gasteiger charge is 2.23. The minimum Gasteiger partial charge on any atom is -0.496 e. The number of methoxy groups -OCH3 is 1. The predicted octanol–water partition coefficient (Wildman–Crippen LogP) is 2.49. The van der Waals surface area contributed by atoms with Crippen molar-refractivity contribution in [1.82, 2.24) is 10.3 Å².